The van der Waals surface area contributed by atoms with Crippen molar-refractivity contribution in [2.24, 2.45) is 12.0 Å². The first-order valence-electron chi connectivity index (χ1n) is 6.78. The van der Waals surface area contributed by atoms with Crippen molar-refractivity contribution in [1.29, 1.82) is 5.26 Å². The lowest BCUT2D eigenvalue weighted by molar-refractivity contribution is -0.672. The van der Waals surface area contributed by atoms with Gasteiger partial charge in [-0.25, -0.2) is 4.99 Å². The molecule has 0 N–H and O–H groups in total. The Hall–Kier alpha value is -2.67. The predicted molar refractivity (Wildman–Crippen MR) is 79.1 cm³/mol. The maximum Gasteiger partial charge on any atom is 0.231 e. The number of pyridine rings is 1. The van der Waals surface area contributed by atoms with E-state index in [1.807, 2.05) is 62.0 Å². The van der Waals surface area contributed by atoms with Crippen molar-refractivity contribution in [1.82, 2.24) is 0 Å². The Balaban J connectivity index is 2.26. The highest BCUT2D eigenvalue weighted by Crippen LogP contribution is 2.32. The largest absolute Gasteiger partial charge is 0.466 e. The quantitative estimate of drug-likeness (QED) is 0.752. The highest BCUT2D eigenvalue weighted by Gasteiger charge is 2.31. The number of rotatable bonds is 1. The Kier molecular flexibility index (Phi) is 2.99. The molecule has 4 nitrogen and oxygen atoms in total. The van der Waals surface area contributed by atoms with Gasteiger partial charge in [0.25, 0.3) is 0 Å². The molecule has 104 valence electrons. The molecule has 1 aromatic carbocycles. The van der Waals surface area contributed by atoms with E-state index >= 15 is 0 Å². The van der Waals surface area contributed by atoms with Crippen LogP contribution in [0.1, 0.15) is 30.7 Å². The first kappa shape index (κ1) is 13.3. The van der Waals surface area contributed by atoms with Crippen molar-refractivity contribution in [3.05, 3.63) is 59.4 Å². The molecule has 0 aliphatic carbocycles. The van der Waals surface area contributed by atoms with E-state index in [4.69, 9.17) is 15.0 Å². The van der Waals surface area contributed by atoms with Gasteiger partial charge in [0.1, 0.15) is 18.5 Å². The van der Waals surface area contributed by atoms with Gasteiger partial charge in [0, 0.05) is 12.1 Å². The molecule has 1 aliphatic rings. The van der Waals surface area contributed by atoms with Gasteiger partial charge in [0.15, 0.2) is 11.9 Å². The maximum atomic E-state index is 9.12. The van der Waals surface area contributed by atoms with Crippen LogP contribution in [0.3, 0.4) is 0 Å². The first-order chi connectivity index (χ1) is 10.00. The summed E-state index contributed by atoms with van der Waals surface area (Å²) < 4.78 is 7.92. The van der Waals surface area contributed by atoms with E-state index in [2.05, 4.69) is 6.07 Å². The number of ether oxygens (including phenoxy) is 1. The number of nitriles is 1. The minimum Gasteiger partial charge on any atom is -0.466 e. The lowest BCUT2D eigenvalue weighted by Gasteiger charge is -2.29. The average molecular weight is 278 g/mol. The van der Waals surface area contributed by atoms with Crippen molar-refractivity contribution < 1.29 is 9.30 Å². The molecule has 0 radical (unpaired) electrons. The molecule has 1 aromatic heterocycles. The third-order valence-corrected chi connectivity index (χ3v) is 3.40. The van der Waals surface area contributed by atoms with Gasteiger partial charge in [0.2, 0.25) is 5.69 Å². The van der Waals surface area contributed by atoms with Crippen LogP contribution in [0.5, 0.6) is 5.75 Å². The molecule has 0 bridgehead atoms. The summed E-state index contributed by atoms with van der Waals surface area (Å²) in [6, 6.07) is 13.6. The Bertz CT molecular complexity index is 785. The zero-order valence-electron chi connectivity index (χ0n) is 12.3. The van der Waals surface area contributed by atoms with Crippen LogP contribution >= 0.6 is 0 Å². The van der Waals surface area contributed by atoms with E-state index in [-0.39, 0.29) is 0 Å². The zero-order valence-corrected chi connectivity index (χ0v) is 12.3. The fourth-order valence-corrected chi connectivity index (χ4v) is 2.46. The summed E-state index contributed by atoms with van der Waals surface area (Å²) in [5, 5.41) is 9.12. The molecule has 3 rings (SSSR count). The second kappa shape index (κ2) is 4.71. The summed E-state index contributed by atoms with van der Waals surface area (Å²) in [5.41, 5.74) is 2.67. The van der Waals surface area contributed by atoms with Gasteiger partial charge in [0.05, 0.1) is 17.2 Å². The number of aryl methyl sites for hydroxylation is 1. The van der Waals surface area contributed by atoms with Crippen LogP contribution in [0.25, 0.3) is 0 Å². The molecule has 0 spiro atoms. The van der Waals surface area contributed by atoms with Gasteiger partial charge in [-0.3, -0.25) is 0 Å². The number of aromatic nitrogens is 1. The lowest BCUT2D eigenvalue weighted by atomic mass is 10.00. The standard InChI is InChI=1S/C17H16N3O/c1-17(2)19-16(14-6-4-5-9-20(14)3)13-10-12(11-18)7-8-15(13)21-17/h4-10H,1-3H3/q+1. The fraction of sp³-hybridized carbons (Fsp3) is 0.235. The fourth-order valence-electron chi connectivity index (χ4n) is 2.46. The smallest absolute Gasteiger partial charge is 0.231 e. The Morgan fingerprint density at radius 3 is 2.76 bits per heavy atom. The van der Waals surface area contributed by atoms with Crippen molar-refractivity contribution in [2.45, 2.75) is 19.6 Å². The lowest BCUT2D eigenvalue weighted by Crippen LogP contribution is -2.40. The molecule has 0 amide bonds. The Morgan fingerprint density at radius 1 is 1.24 bits per heavy atom. The van der Waals surface area contributed by atoms with Gasteiger partial charge < -0.3 is 4.74 Å². The number of benzene rings is 1. The minimum atomic E-state index is -0.626. The Morgan fingerprint density at radius 2 is 2.05 bits per heavy atom. The van der Waals surface area contributed by atoms with E-state index in [0.717, 1.165) is 22.7 Å². The van der Waals surface area contributed by atoms with Crippen molar-refractivity contribution >= 4 is 5.71 Å². The van der Waals surface area contributed by atoms with Crippen LogP contribution in [0.4, 0.5) is 0 Å². The molecule has 0 saturated carbocycles. The molecule has 4 heteroatoms. The number of hydrogen-bond acceptors (Lipinski definition) is 3. The number of fused-ring (bicyclic) bond motifs is 1. The minimum absolute atomic E-state index is 0.600. The van der Waals surface area contributed by atoms with Crippen LogP contribution < -0.4 is 9.30 Å². The van der Waals surface area contributed by atoms with Crippen molar-refractivity contribution in [2.75, 3.05) is 0 Å². The van der Waals surface area contributed by atoms with Gasteiger partial charge >= 0.3 is 0 Å². The SMILES string of the molecule is C[n+]1ccccc1C1=NC(C)(C)Oc2ccc(C#N)cc21. The van der Waals surface area contributed by atoms with E-state index in [9.17, 15) is 0 Å². The average Bonchev–Trinajstić information content (AvgIpc) is 2.46. The molecule has 0 saturated heterocycles. The predicted octanol–water partition coefficient (Wildman–Crippen LogP) is 2.35. The second-order valence-corrected chi connectivity index (χ2v) is 5.53. The third-order valence-electron chi connectivity index (χ3n) is 3.40. The summed E-state index contributed by atoms with van der Waals surface area (Å²) in [6.45, 7) is 3.86. The molecule has 1 aliphatic heterocycles. The van der Waals surface area contributed by atoms with Crippen LogP contribution in [-0.2, 0) is 7.05 Å². The first-order valence-corrected chi connectivity index (χ1v) is 6.78. The molecule has 0 unspecified atom stereocenters. The van der Waals surface area contributed by atoms with Crippen LogP contribution in [0.15, 0.2) is 47.6 Å². The highest BCUT2D eigenvalue weighted by molar-refractivity contribution is 6.13. The topological polar surface area (TPSA) is 49.3 Å². The third kappa shape index (κ3) is 2.38. The Labute approximate surface area is 124 Å². The van der Waals surface area contributed by atoms with Gasteiger partial charge in [-0.05, 0) is 38.1 Å². The molecule has 0 atom stereocenters. The summed E-state index contributed by atoms with van der Waals surface area (Å²) in [5.74, 6) is 0.757. The molecular weight excluding hydrogens is 262 g/mol. The van der Waals surface area contributed by atoms with Crippen LogP contribution in [0, 0.1) is 11.3 Å². The van der Waals surface area contributed by atoms with E-state index in [0.29, 0.717) is 5.56 Å². The molecular formula is C17H16N3O+. The summed E-state index contributed by atoms with van der Waals surface area (Å²) >= 11 is 0. The summed E-state index contributed by atoms with van der Waals surface area (Å²) in [4.78, 5) is 4.73. The molecule has 2 heterocycles. The van der Waals surface area contributed by atoms with Crippen LogP contribution in [-0.4, -0.2) is 11.4 Å². The van der Waals surface area contributed by atoms with Crippen LogP contribution in [0.2, 0.25) is 0 Å². The van der Waals surface area contributed by atoms with E-state index in [1.165, 1.54) is 0 Å². The second-order valence-electron chi connectivity index (χ2n) is 5.53. The number of nitrogens with zero attached hydrogens (tertiary/aromatic N) is 3. The normalized spacial score (nSPS) is 15.4. The summed E-state index contributed by atoms with van der Waals surface area (Å²) in [6.07, 6.45) is 1.98. The number of hydrogen-bond donors (Lipinski definition) is 0. The van der Waals surface area contributed by atoms with Crippen molar-refractivity contribution in [3.63, 3.8) is 0 Å². The number of aliphatic imine (C=N–C) groups is 1. The maximum absolute atomic E-state index is 9.12. The van der Waals surface area contributed by atoms with E-state index in [1.54, 1.807) is 6.07 Å². The van der Waals surface area contributed by atoms with E-state index < -0.39 is 5.72 Å². The van der Waals surface area contributed by atoms with Crippen molar-refractivity contribution in [3.8, 4) is 11.8 Å². The molecule has 2 aromatic rings. The van der Waals surface area contributed by atoms with Gasteiger partial charge in [-0.2, -0.15) is 9.83 Å². The molecule has 21 heavy (non-hydrogen) atoms. The highest BCUT2D eigenvalue weighted by atomic mass is 16.5. The van der Waals surface area contributed by atoms with Gasteiger partial charge in [-0.15, -0.1) is 0 Å². The zero-order chi connectivity index (χ0) is 15.0. The summed E-state index contributed by atoms with van der Waals surface area (Å²) in [7, 11) is 1.98. The molecule has 0 fully saturated rings. The van der Waals surface area contributed by atoms with Gasteiger partial charge in [-0.1, -0.05) is 0 Å². The monoisotopic (exact) mass is 278 g/mol.